The summed E-state index contributed by atoms with van der Waals surface area (Å²) in [7, 11) is -3.76. The molecular formula is C11H10N4O2S2. The van der Waals surface area contributed by atoms with Crippen molar-refractivity contribution in [3.8, 4) is 6.07 Å². The van der Waals surface area contributed by atoms with Gasteiger partial charge in [0.15, 0.2) is 5.69 Å². The lowest BCUT2D eigenvalue weighted by molar-refractivity contribution is 0.580. The predicted molar refractivity (Wildman–Crippen MR) is 69.8 cm³/mol. The fourth-order valence-electron chi connectivity index (χ4n) is 1.41. The number of sulfonamides is 1. The largest absolute Gasteiger partial charge is 0.248 e. The number of rotatable bonds is 4. The Morgan fingerprint density at radius 3 is 2.89 bits per heavy atom. The zero-order valence-corrected chi connectivity index (χ0v) is 11.6. The maximum atomic E-state index is 12.1. The summed E-state index contributed by atoms with van der Waals surface area (Å²) < 4.78 is 26.5. The molecule has 0 fully saturated rings. The molecule has 0 amide bonds. The molecule has 0 bridgehead atoms. The van der Waals surface area contributed by atoms with Crippen molar-refractivity contribution >= 4 is 21.4 Å². The minimum atomic E-state index is -3.76. The molecule has 98 valence electrons. The number of hydrogen-bond donors (Lipinski definition) is 1. The van der Waals surface area contributed by atoms with E-state index in [0.29, 0.717) is 5.01 Å². The average Bonchev–Trinajstić information content (AvgIpc) is 2.82. The van der Waals surface area contributed by atoms with Gasteiger partial charge < -0.3 is 0 Å². The van der Waals surface area contributed by atoms with Gasteiger partial charge in [0.25, 0.3) is 0 Å². The summed E-state index contributed by atoms with van der Waals surface area (Å²) in [6, 6.07) is 4.58. The van der Waals surface area contributed by atoms with Crippen molar-refractivity contribution < 1.29 is 8.42 Å². The normalized spacial score (nSPS) is 11.2. The lowest BCUT2D eigenvalue weighted by Crippen LogP contribution is -2.24. The van der Waals surface area contributed by atoms with Gasteiger partial charge in [-0.05, 0) is 19.1 Å². The van der Waals surface area contributed by atoms with Gasteiger partial charge in [0.1, 0.15) is 16.0 Å². The average molecular weight is 294 g/mol. The number of nitrogens with zero attached hydrogens (tertiary/aromatic N) is 3. The summed E-state index contributed by atoms with van der Waals surface area (Å²) in [5.41, 5.74) is -0.120. The fraction of sp³-hybridized carbons (Fsp3) is 0.182. The molecule has 2 heterocycles. The molecular weight excluding hydrogens is 284 g/mol. The highest BCUT2D eigenvalue weighted by atomic mass is 32.2. The van der Waals surface area contributed by atoms with Gasteiger partial charge >= 0.3 is 0 Å². The first-order chi connectivity index (χ1) is 9.03. The standard InChI is InChI=1S/C11H10N4O2S2/c1-8-6-14-11(18-8)7-15-19(16,17)10-3-2-4-13-9(10)5-12/h2-4,6,15H,7H2,1H3. The fourth-order valence-corrected chi connectivity index (χ4v) is 3.32. The van der Waals surface area contributed by atoms with Gasteiger partial charge in [0.05, 0.1) is 6.54 Å². The molecule has 0 spiro atoms. The topological polar surface area (TPSA) is 95.7 Å². The first kappa shape index (κ1) is 13.6. The van der Waals surface area contributed by atoms with Crippen molar-refractivity contribution in [2.75, 3.05) is 0 Å². The molecule has 0 radical (unpaired) electrons. The third-order valence-electron chi connectivity index (χ3n) is 2.25. The number of thiazole rings is 1. The molecule has 19 heavy (non-hydrogen) atoms. The minimum absolute atomic E-state index is 0.0978. The summed E-state index contributed by atoms with van der Waals surface area (Å²) in [6.45, 7) is 1.99. The van der Waals surface area contributed by atoms with Crippen LogP contribution in [0.15, 0.2) is 29.4 Å². The Balaban J connectivity index is 2.21. The zero-order valence-electron chi connectivity index (χ0n) is 9.99. The second-order valence-corrected chi connectivity index (χ2v) is 6.71. The Bertz CT molecular complexity index is 731. The van der Waals surface area contributed by atoms with Crippen molar-refractivity contribution in [3.63, 3.8) is 0 Å². The maximum Gasteiger partial charge on any atom is 0.243 e. The molecule has 0 atom stereocenters. The Morgan fingerprint density at radius 1 is 1.47 bits per heavy atom. The number of nitriles is 1. The van der Waals surface area contributed by atoms with Crippen LogP contribution in [0.4, 0.5) is 0 Å². The van der Waals surface area contributed by atoms with E-state index in [0.717, 1.165) is 4.88 Å². The summed E-state index contributed by atoms with van der Waals surface area (Å²) in [5.74, 6) is 0. The van der Waals surface area contributed by atoms with E-state index in [2.05, 4.69) is 14.7 Å². The molecule has 0 saturated carbocycles. The Labute approximate surface area is 114 Å². The van der Waals surface area contributed by atoms with Gasteiger partial charge in [-0.15, -0.1) is 11.3 Å². The van der Waals surface area contributed by atoms with E-state index >= 15 is 0 Å². The van der Waals surface area contributed by atoms with E-state index in [1.54, 1.807) is 12.3 Å². The van der Waals surface area contributed by atoms with Crippen LogP contribution in [0, 0.1) is 18.3 Å². The van der Waals surface area contributed by atoms with Crippen LogP contribution in [-0.4, -0.2) is 18.4 Å². The first-order valence-electron chi connectivity index (χ1n) is 5.29. The summed E-state index contributed by atoms with van der Waals surface area (Å²) in [6.07, 6.45) is 3.06. The highest BCUT2D eigenvalue weighted by Gasteiger charge is 2.19. The van der Waals surface area contributed by atoms with Crippen molar-refractivity contribution in [1.82, 2.24) is 14.7 Å². The van der Waals surface area contributed by atoms with E-state index in [4.69, 9.17) is 5.26 Å². The van der Waals surface area contributed by atoms with Gasteiger partial charge in [-0.3, -0.25) is 0 Å². The Morgan fingerprint density at radius 2 is 2.26 bits per heavy atom. The second-order valence-electron chi connectivity index (χ2n) is 3.65. The van der Waals surface area contributed by atoms with Crippen LogP contribution in [0.5, 0.6) is 0 Å². The Kier molecular flexibility index (Phi) is 3.90. The molecule has 0 saturated heterocycles. The summed E-state index contributed by atoms with van der Waals surface area (Å²) in [4.78, 5) is 8.68. The van der Waals surface area contributed by atoms with Crippen LogP contribution < -0.4 is 4.72 Å². The third-order valence-corrected chi connectivity index (χ3v) is 4.59. The molecule has 6 nitrogen and oxygen atoms in total. The summed E-state index contributed by atoms with van der Waals surface area (Å²) >= 11 is 1.41. The van der Waals surface area contributed by atoms with Gasteiger partial charge in [0, 0.05) is 17.3 Å². The van der Waals surface area contributed by atoms with E-state index in [-0.39, 0.29) is 17.1 Å². The lowest BCUT2D eigenvalue weighted by atomic mass is 10.4. The van der Waals surface area contributed by atoms with Crippen LogP contribution >= 0.6 is 11.3 Å². The van der Waals surface area contributed by atoms with Gasteiger partial charge in [-0.2, -0.15) is 5.26 Å². The molecule has 2 aromatic rings. The van der Waals surface area contributed by atoms with E-state index in [9.17, 15) is 8.42 Å². The van der Waals surface area contributed by atoms with Crippen LogP contribution in [-0.2, 0) is 16.6 Å². The van der Waals surface area contributed by atoms with Gasteiger partial charge in [0.2, 0.25) is 10.0 Å². The monoisotopic (exact) mass is 294 g/mol. The molecule has 1 N–H and O–H groups in total. The Hall–Kier alpha value is -1.82. The minimum Gasteiger partial charge on any atom is -0.248 e. The predicted octanol–water partition coefficient (Wildman–Crippen LogP) is 1.20. The third kappa shape index (κ3) is 3.14. The smallest absolute Gasteiger partial charge is 0.243 e. The molecule has 0 aliphatic rings. The number of aryl methyl sites for hydroxylation is 1. The summed E-state index contributed by atoms with van der Waals surface area (Å²) in [5, 5.41) is 9.53. The van der Waals surface area contributed by atoms with Crippen LogP contribution in [0.1, 0.15) is 15.6 Å². The van der Waals surface area contributed by atoms with Crippen LogP contribution in [0.2, 0.25) is 0 Å². The molecule has 8 heteroatoms. The SMILES string of the molecule is Cc1cnc(CNS(=O)(=O)c2cccnc2C#N)s1. The molecule has 0 aliphatic carbocycles. The number of hydrogen-bond acceptors (Lipinski definition) is 6. The first-order valence-corrected chi connectivity index (χ1v) is 7.59. The van der Waals surface area contributed by atoms with Crippen molar-refractivity contribution in [1.29, 1.82) is 5.26 Å². The number of pyridine rings is 1. The zero-order chi connectivity index (χ0) is 13.9. The highest BCUT2D eigenvalue weighted by molar-refractivity contribution is 7.89. The van der Waals surface area contributed by atoms with Gasteiger partial charge in [-0.1, -0.05) is 0 Å². The van der Waals surface area contributed by atoms with Crippen LogP contribution in [0.25, 0.3) is 0 Å². The van der Waals surface area contributed by atoms with E-state index < -0.39 is 10.0 Å². The van der Waals surface area contributed by atoms with Crippen molar-refractivity contribution in [2.24, 2.45) is 0 Å². The van der Waals surface area contributed by atoms with Crippen LogP contribution in [0.3, 0.4) is 0 Å². The number of nitrogens with one attached hydrogen (secondary N) is 1. The molecule has 0 unspecified atom stereocenters. The molecule has 2 aromatic heterocycles. The molecule has 0 aliphatic heterocycles. The second kappa shape index (κ2) is 5.44. The molecule has 2 rings (SSSR count). The lowest BCUT2D eigenvalue weighted by Gasteiger charge is -2.05. The quantitative estimate of drug-likeness (QED) is 0.914. The maximum absolute atomic E-state index is 12.1. The van der Waals surface area contributed by atoms with E-state index in [1.165, 1.54) is 29.7 Å². The molecule has 0 aromatic carbocycles. The van der Waals surface area contributed by atoms with Crippen molar-refractivity contribution in [3.05, 3.63) is 40.1 Å². The van der Waals surface area contributed by atoms with Gasteiger partial charge in [-0.25, -0.2) is 23.1 Å². The van der Waals surface area contributed by atoms with Crippen molar-refractivity contribution in [2.45, 2.75) is 18.4 Å². The number of aromatic nitrogens is 2. The van der Waals surface area contributed by atoms with E-state index in [1.807, 2.05) is 6.92 Å². The highest BCUT2D eigenvalue weighted by Crippen LogP contribution is 2.14.